The van der Waals surface area contributed by atoms with Crippen LogP contribution < -0.4 is 0 Å². The van der Waals surface area contributed by atoms with Gasteiger partial charge in [0.25, 0.3) is 0 Å². The van der Waals surface area contributed by atoms with Crippen LogP contribution >= 0.6 is 0 Å². The fourth-order valence-electron chi connectivity index (χ4n) is 6.18. The smallest absolute Gasteiger partial charge is 0.142 e. The third-order valence-electron chi connectivity index (χ3n) is 7.35. The summed E-state index contributed by atoms with van der Waals surface area (Å²) in [5, 5.41) is 0. The first-order valence-corrected chi connectivity index (χ1v) is 10.00. The van der Waals surface area contributed by atoms with Crippen LogP contribution in [0.15, 0.2) is 0 Å². The van der Waals surface area contributed by atoms with Crippen LogP contribution in [0.4, 0.5) is 0 Å². The molecule has 0 N–H and O–H groups in total. The average molecular weight is 317 g/mol. The Balaban J connectivity index is 1.64. The summed E-state index contributed by atoms with van der Waals surface area (Å²) in [6, 6.07) is 0.357. The molecule has 0 aromatic rings. The highest BCUT2D eigenvalue weighted by Crippen LogP contribution is 2.49. The van der Waals surface area contributed by atoms with Gasteiger partial charge >= 0.3 is 0 Å². The van der Waals surface area contributed by atoms with E-state index in [-0.39, 0.29) is 23.7 Å². The standard InChI is InChI=1S/C20H31NO2/c1-13-9-10-16(21-11-5-2-6-12-21)18-17(13)19(22)14-7-3-4-8-15(14)20(18)23/h13-18H,2-12H2,1H3. The van der Waals surface area contributed by atoms with Crippen LogP contribution in [-0.4, -0.2) is 35.6 Å². The van der Waals surface area contributed by atoms with Gasteiger partial charge in [0.1, 0.15) is 11.6 Å². The number of ketones is 2. The summed E-state index contributed by atoms with van der Waals surface area (Å²) in [4.78, 5) is 29.1. The zero-order valence-corrected chi connectivity index (χ0v) is 14.5. The molecule has 0 aromatic carbocycles. The lowest BCUT2D eigenvalue weighted by Crippen LogP contribution is -2.60. The highest BCUT2D eigenvalue weighted by atomic mass is 16.1. The van der Waals surface area contributed by atoms with Gasteiger partial charge < -0.3 is 0 Å². The summed E-state index contributed by atoms with van der Waals surface area (Å²) >= 11 is 0. The third kappa shape index (κ3) is 2.59. The SMILES string of the molecule is CC1CCC(N2CCCCC2)C2C(=O)C3CCCCC3C(=O)C12. The number of nitrogens with zero attached hydrogens (tertiary/aromatic N) is 1. The quantitative estimate of drug-likeness (QED) is 0.743. The number of likely N-dealkylation sites (tertiary alicyclic amines) is 1. The van der Waals surface area contributed by atoms with E-state index in [0.717, 1.165) is 51.6 Å². The van der Waals surface area contributed by atoms with Crippen LogP contribution in [0.3, 0.4) is 0 Å². The molecule has 3 saturated carbocycles. The second-order valence-electron chi connectivity index (χ2n) is 8.57. The lowest BCUT2D eigenvalue weighted by atomic mass is 9.54. The first-order chi connectivity index (χ1) is 11.2. The lowest BCUT2D eigenvalue weighted by molar-refractivity contribution is -0.157. The molecule has 4 aliphatic rings. The summed E-state index contributed by atoms with van der Waals surface area (Å²) in [5.41, 5.74) is 0. The van der Waals surface area contributed by atoms with Crippen LogP contribution in [0.2, 0.25) is 0 Å². The van der Waals surface area contributed by atoms with Gasteiger partial charge in [0, 0.05) is 29.7 Å². The van der Waals surface area contributed by atoms with Crippen molar-refractivity contribution < 1.29 is 9.59 Å². The first-order valence-electron chi connectivity index (χ1n) is 10.00. The van der Waals surface area contributed by atoms with Crippen LogP contribution in [0.1, 0.15) is 64.7 Å². The Labute approximate surface area is 140 Å². The van der Waals surface area contributed by atoms with E-state index in [1.54, 1.807) is 0 Å². The van der Waals surface area contributed by atoms with Crippen LogP contribution in [0, 0.1) is 29.6 Å². The molecule has 0 aromatic heterocycles. The van der Waals surface area contributed by atoms with Crippen molar-refractivity contribution in [2.24, 2.45) is 29.6 Å². The maximum absolute atomic E-state index is 13.4. The largest absolute Gasteiger partial charge is 0.300 e. The Morgan fingerprint density at radius 3 is 2.00 bits per heavy atom. The summed E-state index contributed by atoms with van der Waals surface area (Å²) in [6.07, 6.45) is 10.3. The van der Waals surface area contributed by atoms with Crippen molar-refractivity contribution in [3.05, 3.63) is 0 Å². The fourth-order valence-corrected chi connectivity index (χ4v) is 6.18. The minimum Gasteiger partial charge on any atom is -0.300 e. The monoisotopic (exact) mass is 317 g/mol. The van der Waals surface area contributed by atoms with Crippen molar-refractivity contribution in [2.75, 3.05) is 13.1 Å². The number of fused-ring (bicyclic) bond motifs is 2. The highest BCUT2D eigenvalue weighted by molar-refractivity contribution is 6.00. The molecule has 0 amide bonds. The molecule has 3 heteroatoms. The summed E-state index contributed by atoms with van der Waals surface area (Å²) in [7, 11) is 0. The molecule has 0 bridgehead atoms. The summed E-state index contributed by atoms with van der Waals surface area (Å²) < 4.78 is 0. The Kier molecular flexibility index (Phi) is 4.34. The van der Waals surface area contributed by atoms with Crippen molar-refractivity contribution in [2.45, 2.75) is 70.8 Å². The molecule has 0 radical (unpaired) electrons. The summed E-state index contributed by atoms with van der Waals surface area (Å²) in [5.74, 6) is 1.52. The lowest BCUT2D eigenvalue weighted by Gasteiger charge is -2.52. The number of carbonyl (C=O) groups excluding carboxylic acids is 2. The normalized spacial score (nSPS) is 45.4. The molecule has 1 aliphatic heterocycles. The average Bonchev–Trinajstić information content (AvgIpc) is 2.60. The molecule has 6 unspecified atom stereocenters. The van der Waals surface area contributed by atoms with Gasteiger partial charge in [-0.05, 0) is 57.5 Å². The van der Waals surface area contributed by atoms with E-state index in [9.17, 15) is 9.59 Å². The number of rotatable bonds is 1. The van der Waals surface area contributed by atoms with E-state index in [2.05, 4.69) is 11.8 Å². The van der Waals surface area contributed by atoms with Gasteiger partial charge in [-0.3, -0.25) is 14.5 Å². The predicted molar refractivity (Wildman–Crippen MR) is 90.1 cm³/mol. The van der Waals surface area contributed by atoms with E-state index in [1.807, 2.05) is 0 Å². The number of piperidine rings is 1. The maximum Gasteiger partial charge on any atom is 0.142 e. The number of Topliss-reactive ketones (excluding diaryl/α,β-unsaturated/α-hetero) is 2. The van der Waals surface area contributed by atoms with Gasteiger partial charge in [-0.1, -0.05) is 26.2 Å². The zero-order chi connectivity index (χ0) is 16.0. The second kappa shape index (κ2) is 6.31. The van der Waals surface area contributed by atoms with Crippen LogP contribution in [-0.2, 0) is 9.59 Å². The van der Waals surface area contributed by atoms with Crippen molar-refractivity contribution in [1.82, 2.24) is 4.90 Å². The van der Waals surface area contributed by atoms with Gasteiger partial charge in [-0.2, -0.15) is 0 Å². The molecule has 23 heavy (non-hydrogen) atoms. The summed E-state index contributed by atoms with van der Waals surface area (Å²) in [6.45, 7) is 4.49. The maximum atomic E-state index is 13.4. The minimum absolute atomic E-state index is 0.0173. The minimum atomic E-state index is 0.0173. The first kappa shape index (κ1) is 15.8. The molecule has 3 nitrogen and oxygen atoms in total. The van der Waals surface area contributed by atoms with Gasteiger partial charge in [0.2, 0.25) is 0 Å². The Morgan fingerprint density at radius 2 is 1.35 bits per heavy atom. The van der Waals surface area contributed by atoms with Gasteiger partial charge in [-0.15, -0.1) is 0 Å². The van der Waals surface area contributed by atoms with Crippen molar-refractivity contribution >= 4 is 11.6 Å². The number of carbonyl (C=O) groups is 2. The molecule has 6 atom stereocenters. The van der Waals surface area contributed by atoms with E-state index in [0.29, 0.717) is 23.5 Å². The highest BCUT2D eigenvalue weighted by Gasteiger charge is 2.56. The molecule has 1 heterocycles. The molecule has 1 saturated heterocycles. The zero-order valence-electron chi connectivity index (χ0n) is 14.5. The Hall–Kier alpha value is -0.700. The molecule has 128 valence electrons. The van der Waals surface area contributed by atoms with E-state index < -0.39 is 0 Å². The van der Waals surface area contributed by atoms with Crippen molar-refractivity contribution in [3.63, 3.8) is 0 Å². The molecule has 4 fully saturated rings. The van der Waals surface area contributed by atoms with E-state index >= 15 is 0 Å². The van der Waals surface area contributed by atoms with Crippen LogP contribution in [0.25, 0.3) is 0 Å². The molecular weight excluding hydrogens is 286 g/mol. The molecule has 0 spiro atoms. The van der Waals surface area contributed by atoms with E-state index in [1.165, 1.54) is 19.3 Å². The van der Waals surface area contributed by atoms with Crippen molar-refractivity contribution in [1.29, 1.82) is 0 Å². The number of hydrogen-bond donors (Lipinski definition) is 0. The fraction of sp³-hybridized carbons (Fsp3) is 0.900. The van der Waals surface area contributed by atoms with Gasteiger partial charge in [0.15, 0.2) is 0 Å². The Morgan fingerprint density at radius 1 is 0.739 bits per heavy atom. The molecule has 3 aliphatic carbocycles. The predicted octanol–water partition coefficient (Wildman–Crippen LogP) is 3.46. The van der Waals surface area contributed by atoms with Gasteiger partial charge in [0.05, 0.1) is 0 Å². The second-order valence-corrected chi connectivity index (χ2v) is 8.57. The van der Waals surface area contributed by atoms with Crippen LogP contribution in [0.5, 0.6) is 0 Å². The molecular formula is C20H31NO2. The number of hydrogen-bond acceptors (Lipinski definition) is 3. The molecule has 4 rings (SSSR count). The van der Waals surface area contributed by atoms with Crippen molar-refractivity contribution in [3.8, 4) is 0 Å². The van der Waals surface area contributed by atoms with E-state index in [4.69, 9.17) is 0 Å². The topological polar surface area (TPSA) is 37.4 Å². The van der Waals surface area contributed by atoms with Gasteiger partial charge in [-0.25, -0.2) is 0 Å². The third-order valence-corrected chi connectivity index (χ3v) is 7.35. The Bertz CT molecular complexity index is 482.